The third-order valence-electron chi connectivity index (χ3n) is 7.05. The maximum atomic E-state index is 14.0. The van der Waals surface area contributed by atoms with Gasteiger partial charge in [-0.1, -0.05) is 32.6 Å². The zero-order valence-corrected chi connectivity index (χ0v) is 21.3. The molecule has 0 spiro atoms. The van der Waals surface area contributed by atoms with Crippen LogP contribution in [0.2, 0.25) is 0 Å². The maximum Gasteiger partial charge on any atom is 0.270 e. The molecule has 1 aliphatic heterocycles. The number of likely N-dealkylation sites (N-methyl/N-ethyl adjacent to an activating group) is 2. The van der Waals surface area contributed by atoms with Gasteiger partial charge in [0.05, 0.1) is 5.71 Å². The van der Waals surface area contributed by atoms with Crippen molar-refractivity contribution in [1.29, 1.82) is 0 Å². The molecule has 1 aliphatic carbocycles. The highest BCUT2D eigenvalue weighted by Crippen LogP contribution is 2.29. The summed E-state index contributed by atoms with van der Waals surface area (Å²) in [5.41, 5.74) is 2.69. The Balaban J connectivity index is 1.90. The molecule has 6 nitrogen and oxygen atoms in total. The number of carbonyl (C=O) groups excluding carboxylic acids is 2. The highest BCUT2D eigenvalue weighted by atomic mass is 19.2. The number of unbranched alkanes of at least 4 members (excludes halogenated alkanes) is 1. The number of halogens is 2. The highest BCUT2D eigenvalue weighted by molar-refractivity contribution is 6.10. The Morgan fingerprint density at radius 1 is 1.17 bits per heavy atom. The lowest BCUT2D eigenvalue weighted by atomic mass is 9.83. The Bertz CT molecular complexity index is 999. The van der Waals surface area contributed by atoms with Crippen LogP contribution in [0.5, 0.6) is 0 Å². The van der Waals surface area contributed by atoms with Crippen molar-refractivity contribution in [2.24, 2.45) is 10.9 Å². The summed E-state index contributed by atoms with van der Waals surface area (Å²) >= 11 is 0. The lowest BCUT2D eigenvalue weighted by Gasteiger charge is -2.29. The van der Waals surface area contributed by atoms with Crippen molar-refractivity contribution >= 4 is 17.5 Å². The molecule has 1 aromatic carbocycles. The van der Waals surface area contributed by atoms with Gasteiger partial charge in [-0.3, -0.25) is 9.59 Å². The second-order valence-corrected chi connectivity index (χ2v) is 9.82. The molecule has 1 atom stereocenters. The van der Waals surface area contributed by atoms with Crippen LogP contribution in [0.15, 0.2) is 28.4 Å². The predicted molar refractivity (Wildman–Crippen MR) is 134 cm³/mol. The summed E-state index contributed by atoms with van der Waals surface area (Å²) in [5.74, 6) is -2.35. The van der Waals surface area contributed by atoms with E-state index in [9.17, 15) is 18.4 Å². The smallest absolute Gasteiger partial charge is 0.270 e. The molecule has 2 N–H and O–H groups in total. The van der Waals surface area contributed by atoms with Gasteiger partial charge in [-0.05, 0) is 69.0 Å². The summed E-state index contributed by atoms with van der Waals surface area (Å²) in [7, 11) is 3.57. The largest absolute Gasteiger partial charge is 0.357 e. The van der Waals surface area contributed by atoms with Gasteiger partial charge in [0, 0.05) is 25.6 Å². The molecule has 35 heavy (non-hydrogen) atoms. The summed E-state index contributed by atoms with van der Waals surface area (Å²) in [6, 6.07) is 1.69. The van der Waals surface area contributed by atoms with Crippen molar-refractivity contribution in [3.63, 3.8) is 0 Å². The number of hydrogen-bond donors (Lipinski definition) is 2. The highest BCUT2D eigenvalue weighted by Gasteiger charge is 2.33. The summed E-state index contributed by atoms with van der Waals surface area (Å²) in [6.45, 7) is 5.24. The van der Waals surface area contributed by atoms with Gasteiger partial charge in [0.25, 0.3) is 5.91 Å². The molecule has 0 aromatic heterocycles. The van der Waals surface area contributed by atoms with Crippen molar-refractivity contribution in [3.05, 3.63) is 46.2 Å². The first-order chi connectivity index (χ1) is 16.7. The van der Waals surface area contributed by atoms with E-state index in [1.165, 1.54) is 0 Å². The molecule has 1 aromatic rings. The Kier molecular flexibility index (Phi) is 9.55. The minimum absolute atomic E-state index is 0.0854. The number of aliphatic imine (C=N–C) groups is 1. The molecule has 1 saturated carbocycles. The van der Waals surface area contributed by atoms with E-state index in [-0.39, 0.29) is 17.5 Å². The van der Waals surface area contributed by atoms with Crippen molar-refractivity contribution in [2.75, 3.05) is 27.2 Å². The van der Waals surface area contributed by atoms with Crippen LogP contribution in [-0.4, -0.2) is 55.7 Å². The number of amides is 2. The second-order valence-electron chi connectivity index (χ2n) is 9.82. The van der Waals surface area contributed by atoms with Gasteiger partial charge in [-0.15, -0.1) is 0 Å². The SMILES string of the molecule is CCCCN(C)CC1=C(C(=O)NC(C(=O)NC)C2CCCCC2)N=C(c2cc(F)c(F)cc2C)C1. The van der Waals surface area contributed by atoms with Crippen LogP contribution in [0.25, 0.3) is 0 Å². The van der Waals surface area contributed by atoms with E-state index in [0.717, 1.165) is 69.2 Å². The second kappa shape index (κ2) is 12.4. The first kappa shape index (κ1) is 27.0. The third-order valence-corrected chi connectivity index (χ3v) is 7.05. The van der Waals surface area contributed by atoms with Gasteiger partial charge in [-0.2, -0.15) is 0 Å². The Hall–Kier alpha value is -2.61. The molecule has 2 aliphatic rings. The zero-order valence-electron chi connectivity index (χ0n) is 21.3. The monoisotopic (exact) mass is 488 g/mol. The van der Waals surface area contributed by atoms with Gasteiger partial charge in [0.2, 0.25) is 5.91 Å². The summed E-state index contributed by atoms with van der Waals surface area (Å²) in [5, 5.41) is 5.65. The van der Waals surface area contributed by atoms with Crippen molar-refractivity contribution in [3.8, 4) is 0 Å². The number of aryl methyl sites for hydroxylation is 1. The molecule has 0 bridgehead atoms. The average molecular weight is 489 g/mol. The minimum Gasteiger partial charge on any atom is -0.357 e. The third kappa shape index (κ3) is 6.75. The van der Waals surface area contributed by atoms with Crippen molar-refractivity contribution in [2.45, 2.75) is 71.3 Å². The van der Waals surface area contributed by atoms with E-state index < -0.39 is 23.6 Å². The molecular weight excluding hydrogens is 450 g/mol. The molecule has 0 radical (unpaired) electrons. The van der Waals surface area contributed by atoms with Gasteiger partial charge >= 0.3 is 0 Å². The van der Waals surface area contributed by atoms with E-state index in [2.05, 4.69) is 27.4 Å². The number of rotatable bonds is 10. The van der Waals surface area contributed by atoms with Crippen molar-refractivity contribution in [1.82, 2.24) is 15.5 Å². The van der Waals surface area contributed by atoms with E-state index in [4.69, 9.17) is 0 Å². The van der Waals surface area contributed by atoms with E-state index >= 15 is 0 Å². The van der Waals surface area contributed by atoms with E-state index in [0.29, 0.717) is 29.8 Å². The van der Waals surface area contributed by atoms with Crippen LogP contribution in [0.4, 0.5) is 8.78 Å². The molecule has 1 heterocycles. The topological polar surface area (TPSA) is 73.8 Å². The van der Waals surface area contributed by atoms with Crippen LogP contribution in [0.1, 0.15) is 69.4 Å². The number of nitrogens with zero attached hydrogens (tertiary/aromatic N) is 2. The molecule has 2 amide bonds. The van der Waals surface area contributed by atoms with Crippen LogP contribution >= 0.6 is 0 Å². The first-order valence-electron chi connectivity index (χ1n) is 12.7. The number of benzene rings is 1. The fraction of sp³-hybridized carbons (Fsp3) is 0.593. The molecule has 1 fully saturated rings. The normalized spacial score (nSPS) is 17.5. The summed E-state index contributed by atoms with van der Waals surface area (Å²) < 4.78 is 27.8. The van der Waals surface area contributed by atoms with Crippen LogP contribution < -0.4 is 10.6 Å². The molecule has 3 rings (SSSR count). The molecule has 0 saturated heterocycles. The zero-order chi connectivity index (χ0) is 25.5. The number of hydrogen-bond acceptors (Lipinski definition) is 4. The van der Waals surface area contributed by atoms with Gasteiger partial charge in [0.1, 0.15) is 11.7 Å². The predicted octanol–water partition coefficient (Wildman–Crippen LogP) is 4.26. The van der Waals surface area contributed by atoms with Crippen molar-refractivity contribution < 1.29 is 18.4 Å². The van der Waals surface area contributed by atoms with Gasteiger partial charge in [-0.25, -0.2) is 13.8 Å². The van der Waals surface area contributed by atoms with Crippen LogP contribution in [-0.2, 0) is 9.59 Å². The Morgan fingerprint density at radius 3 is 2.51 bits per heavy atom. The lowest BCUT2D eigenvalue weighted by Crippen LogP contribution is -2.51. The quantitative estimate of drug-likeness (QED) is 0.517. The standard InChI is InChI=1S/C27H38F2N4O2/c1-5-6-12-33(4)16-19-14-23(20-15-22(29)21(28)13-17(20)2)31-25(19)27(35)32-24(26(34)30-3)18-10-8-7-9-11-18/h13,15,18,24H,5-12,14,16H2,1-4H3,(H,30,34)(H,32,35). The number of nitrogens with one attached hydrogen (secondary N) is 2. The minimum atomic E-state index is -0.940. The number of carbonyl (C=O) groups is 2. The van der Waals surface area contributed by atoms with E-state index in [1.807, 2.05) is 7.05 Å². The van der Waals surface area contributed by atoms with Crippen LogP contribution in [0.3, 0.4) is 0 Å². The summed E-state index contributed by atoms with van der Waals surface area (Å²) in [4.78, 5) is 32.9. The lowest BCUT2D eigenvalue weighted by molar-refractivity contribution is -0.128. The summed E-state index contributed by atoms with van der Waals surface area (Å²) in [6.07, 6.45) is 7.48. The van der Waals surface area contributed by atoms with Crippen LogP contribution in [0, 0.1) is 24.5 Å². The Labute approximate surface area is 207 Å². The molecule has 192 valence electrons. The fourth-order valence-electron chi connectivity index (χ4n) is 5.06. The van der Waals surface area contributed by atoms with Gasteiger partial charge in [0.15, 0.2) is 11.6 Å². The average Bonchev–Trinajstić information content (AvgIpc) is 3.26. The Morgan fingerprint density at radius 2 is 1.86 bits per heavy atom. The molecule has 1 unspecified atom stereocenters. The fourth-order valence-corrected chi connectivity index (χ4v) is 5.06. The molecule has 8 heteroatoms. The van der Waals surface area contributed by atoms with Gasteiger partial charge < -0.3 is 15.5 Å². The molecular formula is C27H38F2N4O2. The maximum absolute atomic E-state index is 14.0. The first-order valence-corrected chi connectivity index (χ1v) is 12.7. The van der Waals surface area contributed by atoms with E-state index in [1.54, 1.807) is 14.0 Å².